The second-order valence-electron chi connectivity index (χ2n) is 6.83. The molecule has 2 aromatic rings. The molecule has 3 nitrogen and oxygen atoms in total. The number of Topliss-reactive ketones (excluding diaryl/α,β-unsaturated/α-hetero) is 1. The van der Waals surface area contributed by atoms with Crippen LogP contribution in [0.3, 0.4) is 0 Å². The molecule has 1 N–H and O–H groups in total. The van der Waals surface area contributed by atoms with Crippen LogP contribution in [-0.2, 0) is 15.7 Å². The molecule has 1 heterocycles. The molecule has 0 spiro atoms. The van der Waals surface area contributed by atoms with Crippen LogP contribution in [0.5, 0.6) is 0 Å². The minimum Gasteiger partial charge on any atom is -0.462 e. The molecule has 140 valence electrons. The number of halogens is 3. The molecule has 1 atom stereocenters. The first-order chi connectivity index (χ1) is 12.9. The number of alkyl halides is 3. The van der Waals surface area contributed by atoms with Crippen LogP contribution in [0.1, 0.15) is 42.1 Å². The van der Waals surface area contributed by atoms with Gasteiger partial charge in [0.25, 0.3) is 0 Å². The Morgan fingerprint density at radius 3 is 2.37 bits per heavy atom. The molecule has 0 radical (unpaired) electrons. The van der Waals surface area contributed by atoms with Crippen molar-refractivity contribution in [3.63, 3.8) is 0 Å². The predicted octanol–water partition coefficient (Wildman–Crippen LogP) is 4.86. The van der Waals surface area contributed by atoms with E-state index in [0.717, 1.165) is 31.4 Å². The Bertz CT molecular complexity index is 886. The number of hydrogen-bond acceptors (Lipinski definition) is 3. The largest absolute Gasteiger partial charge is 0.462 e. The summed E-state index contributed by atoms with van der Waals surface area (Å²) in [7, 11) is 0. The third kappa shape index (κ3) is 3.44. The van der Waals surface area contributed by atoms with Crippen LogP contribution in [-0.4, -0.2) is 11.8 Å². The molecule has 1 aliphatic carbocycles. The molecule has 0 saturated heterocycles. The maximum absolute atomic E-state index is 13.1. The Labute approximate surface area is 154 Å². The Morgan fingerprint density at radius 1 is 1.00 bits per heavy atom. The normalized spacial score (nSPS) is 20.4. The van der Waals surface area contributed by atoms with Gasteiger partial charge in [-0.1, -0.05) is 42.5 Å². The Morgan fingerprint density at radius 2 is 1.74 bits per heavy atom. The molecule has 2 aromatic carbocycles. The van der Waals surface area contributed by atoms with Gasteiger partial charge in [0.2, 0.25) is 5.78 Å². The second-order valence-corrected chi connectivity index (χ2v) is 6.83. The number of carbonyl (C=O) groups excluding carboxylic acids is 1. The first-order valence-electron chi connectivity index (χ1n) is 8.88. The van der Waals surface area contributed by atoms with Gasteiger partial charge in [-0.25, -0.2) is 0 Å². The van der Waals surface area contributed by atoms with Crippen molar-refractivity contribution >= 4 is 11.4 Å². The van der Waals surface area contributed by atoms with E-state index in [-0.39, 0.29) is 28.8 Å². The molecule has 0 bridgehead atoms. The number of ketones is 1. The third-order valence-corrected chi connectivity index (χ3v) is 4.97. The van der Waals surface area contributed by atoms with Crippen LogP contribution in [0.25, 0.3) is 5.57 Å². The van der Waals surface area contributed by atoms with Crippen LogP contribution >= 0.6 is 0 Å². The zero-order valence-corrected chi connectivity index (χ0v) is 14.4. The Kier molecular flexibility index (Phi) is 4.42. The molecular formula is C21H18F3NO2. The summed E-state index contributed by atoms with van der Waals surface area (Å²) in [5, 5.41) is 3.21. The minimum atomic E-state index is -4.47. The molecule has 2 aliphatic rings. The molecule has 0 aromatic heterocycles. The monoisotopic (exact) mass is 373 g/mol. The summed E-state index contributed by atoms with van der Waals surface area (Å²) >= 11 is 0. The van der Waals surface area contributed by atoms with E-state index in [0.29, 0.717) is 5.56 Å². The van der Waals surface area contributed by atoms with Gasteiger partial charge in [-0.3, -0.25) is 4.79 Å². The smallest absolute Gasteiger partial charge is 0.416 e. The average molecular weight is 373 g/mol. The molecular weight excluding hydrogens is 355 g/mol. The van der Waals surface area contributed by atoms with E-state index in [1.807, 2.05) is 6.07 Å². The van der Waals surface area contributed by atoms with Gasteiger partial charge in [0.05, 0.1) is 11.1 Å². The number of nitrogens with one attached hydrogen (secondary N) is 1. The lowest BCUT2D eigenvalue weighted by atomic mass is 9.92. The Hall–Kier alpha value is -2.76. The number of benzene rings is 2. The second kappa shape index (κ2) is 6.76. The summed E-state index contributed by atoms with van der Waals surface area (Å²) in [6, 6.07) is 14.0. The summed E-state index contributed by atoms with van der Waals surface area (Å²) in [5.74, 6) is -0.0553. The highest BCUT2D eigenvalue weighted by molar-refractivity contribution is 6.25. The van der Waals surface area contributed by atoms with E-state index >= 15 is 0 Å². The predicted molar refractivity (Wildman–Crippen MR) is 94.4 cm³/mol. The van der Waals surface area contributed by atoms with Gasteiger partial charge >= 0.3 is 6.18 Å². The first kappa shape index (κ1) is 17.6. The van der Waals surface area contributed by atoms with Crippen LogP contribution in [0.15, 0.2) is 60.5 Å². The van der Waals surface area contributed by atoms with Gasteiger partial charge in [-0.2, -0.15) is 13.2 Å². The van der Waals surface area contributed by atoms with Crippen LogP contribution in [0, 0.1) is 0 Å². The third-order valence-electron chi connectivity index (χ3n) is 4.97. The van der Waals surface area contributed by atoms with Crippen molar-refractivity contribution in [2.45, 2.75) is 37.6 Å². The first-order valence-corrected chi connectivity index (χ1v) is 8.88. The molecule has 1 fully saturated rings. The molecule has 0 amide bonds. The van der Waals surface area contributed by atoms with Crippen molar-refractivity contribution in [2.24, 2.45) is 0 Å². The zero-order chi connectivity index (χ0) is 19.0. The number of ether oxygens (including phenoxy) is 1. The minimum absolute atomic E-state index is 0.182. The van der Waals surface area contributed by atoms with Crippen LogP contribution < -0.4 is 5.32 Å². The summed E-state index contributed by atoms with van der Waals surface area (Å²) in [6.07, 6.45) is -2.34. The number of rotatable bonds is 4. The van der Waals surface area contributed by atoms with E-state index in [4.69, 9.17) is 4.74 Å². The summed E-state index contributed by atoms with van der Waals surface area (Å²) < 4.78 is 45.2. The maximum Gasteiger partial charge on any atom is 0.416 e. The summed E-state index contributed by atoms with van der Waals surface area (Å²) in [6.45, 7) is 0. The SMILES string of the molecule is O=C1C(c2cccc(C(F)(F)F)c2)=C(NC2CCC2)OC1c1ccccc1. The van der Waals surface area contributed by atoms with Crippen LogP contribution in [0.2, 0.25) is 0 Å². The van der Waals surface area contributed by atoms with E-state index in [1.165, 1.54) is 12.1 Å². The quantitative estimate of drug-likeness (QED) is 0.832. The van der Waals surface area contributed by atoms with Crippen molar-refractivity contribution in [3.8, 4) is 0 Å². The van der Waals surface area contributed by atoms with Crippen molar-refractivity contribution in [2.75, 3.05) is 0 Å². The van der Waals surface area contributed by atoms with Crippen molar-refractivity contribution in [1.29, 1.82) is 0 Å². The van der Waals surface area contributed by atoms with Gasteiger partial charge in [0.15, 0.2) is 12.0 Å². The lowest BCUT2D eigenvalue weighted by Gasteiger charge is -2.28. The van der Waals surface area contributed by atoms with Gasteiger partial charge in [-0.15, -0.1) is 0 Å². The van der Waals surface area contributed by atoms with Gasteiger partial charge in [0, 0.05) is 11.6 Å². The number of carbonyl (C=O) groups is 1. The van der Waals surface area contributed by atoms with Crippen molar-refractivity contribution < 1.29 is 22.7 Å². The highest BCUT2D eigenvalue weighted by atomic mass is 19.4. The van der Waals surface area contributed by atoms with E-state index in [1.54, 1.807) is 24.3 Å². The fourth-order valence-electron chi connectivity index (χ4n) is 3.29. The zero-order valence-electron chi connectivity index (χ0n) is 14.4. The van der Waals surface area contributed by atoms with Crippen LogP contribution in [0.4, 0.5) is 13.2 Å². The fraction of sp³-hybridized carbons (Fsp3) is 0.286. The Balaban J connectivity index is 1.73. The highest BCUT2D eigenvalue weighted by Crippen LogP contribution is 2.39. The summed E-state index contributed by atoms with van der Waals surface area (Å²) in [5.41, 5.74) is 0.292. The lowest BCUT2D eigenvalue weighted by molar-refractivity contribution is -0.137. The lowest BCUT2D eigenvalue weighted by Crippen LogP contribution is -2.35. The molecule has 4 rings (SSSR count). The van der Waals surface area contributed by atoms with Gasteiger partial charge in [0.1, 0.15) is 0 Å². The van der Waals surface area contributed by atoms with E-state index < -0.39 is 17.8 Å². The molecule has 1 unspecified atom stereocenters. The van der Waals surface area contributed by atoms with E-state index in [2.05, 4.69) is 5.32 Å². The van der Waals surface area contributed by atoms with Crippen molar-refractivity contribution in [1.82, 2.24) is 5.32 Å². The molecule has 27 heavy (non-hydrogen) atoms. The topological polar surface area (TPSA) is 38.3 Å². The molecule has 6 heteroatoms. The highest BCUT2D eigenvalue weighted by Gasteiger charge is 2.39. The van der Waals surface area contributed by atoms with Gasteiger partial charge in [-0.05, 0) is 37.0 Å². The van der Waals surface area contributed by atoms with Gasteiger partial charge < -0.3 is 10.1 Å². The average Bonchev–Trinajstić information content (AvgIpc) is 2.94. The fourth-order valence-corrected chi connectivity index (χ4v) is 3.29. The summed E-state index contributed by atoms with van der Waals surface area (Å²) in [4.78, 5) is 13.1. The maximum atomic E-state index is 13.1. The number of hydrogen-bond donors (Lipinski definition) is 1. The van der Waals surface area contributed by atoms with E-state index in [9.17, 15) is 18.0 Å². The molecule has 1 saturated carbocycles. The molecule has 1 aliphatic heterocycles. The van der Waals surface area contributed by atoms with Crippen molar-refractivity contribution in [3.05, 3.63) is 77.2 Å². The standard InChI is InChI=1S/C21H18F3NO2/c22-21(23,24)15-9-4-8-14(12-15)17-18(26)19(13-6-2-1-3-7-13)27-20(17)25-16-10-5-11-16/h1-4,6-9,12,16,19,25H,5,10-11H2.